The van der Waals surface area contributed by atoms with E-state index in [9.17, 15) is 4.79 Å². The van der Waals surface area contributed by atoms with E-state index in [2.05, 4.69) is 11.6 Å². The molecule has 0 spiro atoms. The molecule has 0 radical (unpaired) electrons. The molecule has 1 saturated heterocycles. The van der Waals surface area contributed by atoms with Gasteiger partial charge in [-0.05, 0) is 43.9 Å². The van der Waals surface area contributed by atoms with Gasteiger partial charge in [-0.2, -0.15) is 11.8 Å². The smallest absolute Gasteiger partial charge is 0.220 e. The number of carbonyl (C=O) groups is 1. The van der Waals surface area contributed by atoms with Gasteiger partial charge in [0.2, 0.25) is 5.91 Å². The molecule has 1 heterocycles. The van der Waals surface area contributed by atoms with Crippen molar-refractivity contribution in [1.82, 2.24) is 5.32 Å². The van der Waals surface area contributed by atoms with Crippen molar-refractivity contribution < 1.29 is 9.53 Å². The fraction of sp³-hybridized carbons (Fsp3) is 0.938. The second-order valence-electron chi connectivity index (χ2n) is 6.72. The Bertz CT molecular complexity index is 337. The number of nitrogens with two attached hydrogens (primary N) is 1. The average Bonchev–Trinajstić information content (AvgIpc) is 2.55. The van der Waals surface area contributed by atoms with E-state index >= 15 is 0 Å². The third-order valence-corrected chi connectivity index (χ3v) is 6.75. The van der Waals surface area contributed by atoms with E-state index in [0.717, 1.165) is 45.4 Å². The second kappa shape index (κ2) is 7.84. The number of amides is 1. The molecular weight excluding hydrogens is 284 g/mol. The molecule has 0 atom stereocenters. The van der Waals surface area contributed by atoms with Gasteiger partial charge in [-0.3, -0.25) is 4.79 Å². The maximum absolute atomic E-state index is 12.4. The molecule has 4 nitrogen and oxygen atoms in total. The van der Waals surface area contributed by atoms with Crippen LogP contribution in [0, 0.1) is 5.41 Å². The lowest BCUT2D eigenvalue weighted by atomic mass is 9.71. The first kappa shape index (κ1) is 17.1. The van der Waals surface area contributed by atoms with E-state index in [-0.39, 0.29) is 16.1 Å². The van der Waals surface area contributed by atoms with Crippen molar-refractivity contribution in [3.63, 3.8) is 0 Å². The number of carbonyl (C=O) groups excluding carboxylic acids is 1. The molecule has 122 valence electrons. The van der Waals surface area contributed by atoms with Crippen LogP contribution in [0.5, 0.6) is 0 Å². The SMILES string of the molecule is CSC1(CNC(=O)CC2(CN)CCCCC2)CCOCC1. The Balaban J connectivity index is 1.83. The van der Waals surface area contributed by atoms with Crippen LogP contribution in [0.25, 0.3) is 0 Å². The lowest BCUT2D eigenvalue weighted by molar-refractivity contribution is -0.124. The Morgan fingerprint density at radius 2 is 1.86 bits per heavy atom. The van der Waals surface area contributed by atoms with Gasteiger partial charge in [0, 0.05) is 30.9 Å². The number of rotatable bonds is 6. The molecule has 0 aromatic rings. The van der Waals surface area contributed by atoms with Crippen LogP contribution in [-0.4, -0.2) is 43.2 Å². The van der Waals surface area contributed by atoms with Crippen LogP contribution in [0.2, 0.25) is 0 Å². The fourth-order valence-electron chi connectivity index (χ4n) is 3.61. The molecule has 3 N–H and O–H groups in total. The van der Waals surface area contributed by atoms with E-state index in [0.29, 0.717) is 13.0 Å². The van der Waals surface area contributed by atoms with Crippen molar-refractivity contribution in [2.45, 2.75) is 56.1 Å². The summed E-state index contributed by atoms with van der Waals surface area (Å²) in [6.07, 6.45) is 10.7. The summed E-state index contributed by atoms with van der Waals surface area (Å²) in [6.45, 7) is 3.02. The normalized spacial score (nSPS) is 24.5. The number of hydrogen-bond donors (Lipinski definition) is 2. The lowest BCUT2D eigenvalue weighted by Gasteiger charge is -2.38. The Morgan fingerprint density at radius 1 is 1.19 bits per heavy atom. The minimum Gasteiger partial charge on any atom is -0.381 e. The van der Waals surface area contributed by atoms with Crippen molar-refractivity contribution in [2.24, 2.45) is 11.1 Å². The highest BCUT2D eigenvalue weighted by atomic mass is 32.2. The minimum absolute atomic E-state index is 0.0600. The Morgan fingerprint density at radius 3 is 2.43 bits per heavy atom. The molecule has 21 heavy (non-hydrogen) atoms. The first-order valence-corrected chi connectivity index (χ1v) is 9.46. The molecule has 0 aromatic carbocycles. The standard InChI is InChI=1S/C16H30N2O2S/c1-21-16(7-9-20-10-8-16)13-18-14(19)11-15(12-17)5-3-2-4-6-15/h2-13,17H2,1H3,(H,18,19). The molecule has 1 saturated carbocycles. The summed E-state index contributed by atoms with van der Waals surface area (Å²) in [7, 11) is 0. The first-order chi connectivity index (χ1) is 10.1. The minimum atomic E-state index is 0.0600. The van der Waals surface area contributed by atoms with Crippen molar-refractivity contribution in [2.75, 3.05) is 32.6 Å². The molecular formula is C16H30N2O2S. The first-order valence-electron chi connectivity index (χ1n) is 8.23. The van der Waals surface area contributed by atoms with Crippen LogP contribution in [0.3, 0.4) is 0 Å². The van der Waals surface area contributed by atoms with Crippen LogP contribution in [0.4, 0.5) is 0 Å². The molecule has 1 aliphatic carbocycles. The summed E-state index contributed by atoms with van der Waals surface area (Å²) in [5, 5.41) is 3.18. The van der Waals surface area contributed by atoms with Gasteiger partial charge in [-0.25, -0.2) is 0 Å². The zero-order valence-corrected chi connectivity index (χ0v) is 14.1. The summed E-state index contributed by atoms with van der Waals surface area (Å²) in [6, 6.07) is 0. The second-order valence-corrected chi connectivity index (χ2v) is 7.99. The van der Waals surface area contributed by atoms with Crippen LogP contribution in [0.15, 0.2) is 0 Å². The van der Waals surface area contributed by atoms with Gasteiger partial charge in [0.15, 0.2) is 0 Å². The third kappa shape index (κ3) is 4.60. The zero-order valence-electron chi connectivity index (χ0n) is 13.3. The largest absolute Gasteiger partial charge is 0.381 e. The highest BCUT2D eigenvalue weighted by molar-refractivity contribution is 8.00. The maximum Gasteiger partial charge on any atom is 0.220 e. The molecule has 2 rings (SSSR count). The molecule has 0 unspecified atom stereocenters. The Labute approximate surface area is 132 Å². The van der Waals surface area contributed by atoms with Crippen molar-refractivity contribution in [3.05, 3.63) is 0 Å². The highest BCUT2D eigenvalue weighted by Crippen LogP contribution is 2.38. The van der Waals surface area contributed by atoms with Gasteiger partial charge in [-0.1, -0.05) is 19.3 Å². The summed E-state index contributed by atoms with van der Waals surface area (Å²) >= 11 is 1.87. The fourth-order valence-corrected chi connectivity index (χ4v) is 4.41. The molecule has 0 bridgehead atoms. The summed E-state index contributed by atoms with van der Waals surface area (Å²) < 4.78 is 5.61. The van der Waals surface area contributed by atoms with Crippen molar-refractivity contribution >= 4 is 17.7 Å². The molecule has 0 aromatic heterocycles. The highest BCUT2D eigenvalue weighted by Gasteiger charge is 2.35. The third-order valence-electron chi connectivity index (χ3n) is 5.33. The topological polar surface area (TPSA) is 64.4 Å². The predicted octanol–water partition coefficient (Wildman–Crippen LogP) is 2.31. The van der Waals surface area contributed by atoms with Crippen LogP contribution < -0.4 is 11.1 Å². The molecule has 1 aliphatic heterocycles. The van der Waals surface area contributed by atoms with Gasteiger partial charge in [0.05, 0.1) is 0 Å². The predicted molar refractivity (Wildman–Crippen MR) is 88.5 cm³/mol. The van der Waals surface area contributed by atoms with Crippen molar-refractivity contribution in [3.8, 4) is 0 Å². The van der Waals surface area contributed by atoms with Crippen LogP contribution in [-0.2, 0) is 9.53 Å². The van der Waals surface area contributed by atoms with Gasteiger partial charge in [0.25, 0.3) is 0 Å². The zero-order chi connectivity index (χ0) is 15.2. The maximum atomic E-state index is 12.4. The number of ether oxygens (including phenoxy) is 1. The van der Waals surface area contributed by atoms with Gasteiger partial charge in [0.1, 0.15) is 0 Å². The summed E-state index contributed by atoms with van der Waals surface area (Å²) in [4.78, 5) is 12.4. The summed E-state index contributed by atoms with van der Waals surface area (Å²) in [5.41, 5.74) is 6.04. The Hall–Kier alpha value is -0.260. The van der Waals surface area contributed by atoms with Crippen LogP contribution >= 0.6 is 11.8 Å². The van der Waals surface area contributed by atoms with E-state index in [1.807, 2.05) is 11.8 Å². The van der Waals surface area contributed by atoms with Gasteiger partial charge >= 0.3 is 0 Å². The Kier molecular flexibility index (Phi) is 6.38. The average molecular weight is 314 g/mol. The lowest BCUT2D eigenvalue weighted by Crippen LogP contribution is -2.46. The number of thioether (sulfide) groups is 1. The number of nitrogens with one attached hydrogen (secondary N) is 1. The number of hydrogen-bond acceptors (Lipinski definition) is 4. The van der Waals surface area contributed by atoms with E-state index < -0.39 is 0 Å². The molecule has 2 aliphatic rings. The summed E-state index contributed by atoms with van der Waals surface area (Å²) in [5.74, 6) is 0.183. The van der Waals surface area contributed by atoms with Crippen LogP contribution in [0.1, 0.15) is 51.4 Å². The monoisotopic (exact) mass is 314 g/mol. The quantitative estimate of drug-likeness (QED) is 0.790. The van der Waals surface area contributed by atoms with E-state index in [4.69, 9.17) is 10.5 Å². The molecule has 2 fully saturated rings. The van der Waals surface area contributed by atoms with E-state index in [1.54, 1.807) is 0 Å². The van der Waals surface area contributed by atoms with Gasteiger partial charge in [-0.15, -0.1) is 0 Å². The molecule has 5 heteroatoms. The van der Waals surface area contributed by atoms with Gasteiger partial charge < -0.3 is 15.8 Å². The van der Waals surface area contributed by atoms with Crippen molar-refractivity contribution in [1.29, 1.82) is 0 Å². The molecule has 1 amide bonds. The van der Waals surface area contributed by atoms with E-state index in [1.165, 1.54) is 19.3 Å².